The summed E-state index contributed by atoms with van der Waals surface area (Å²) in [5, 5.41) is 26.0. The van der Waals surface area contributed by atoms with E-state index in [0.29, 0.717) is 38.9 Å². The molecule has 54 heavy (non-hydrogen) atoms. The molecule has 3 fully saturated rings. The van der Waals surface area contributed by atoms with Crippen LogP contribution in [0.5, 0.6) is 5.75 Å². The normalized spacial score (nSPS) is 24.5. The molecule has 5 aliphatic rings. The van der Waals surface area contributed by atoms with Crippen molar-refractivity contribution in [2.24, 2.45) is 5.92 Å². The van der Waals surface area contributed by atoms with E-state index in [1.807, 2.05) is 36.4 Å². The minimum absolute atomic E-state index is 0.0432. The lowest BCUT2D eigenvalue weighted by atomic mass is 9.92. The van der Waals surface area contributed by atoms with Crippen LogP contribution in [0.2, 0.25) is 5.02 Å². The summed E-state index contributed by atoms with van der Waals surface area (Å²) >= 11 is 6.15. The van der Waals surface area contributed by atoms with Crippen LogP contribution in [0.1, 0.15) is 101 Å². The number of anilines is 1. The molecule has 0 radical (unpaired) electrons. The number of hydrogen-bond acceptors (Lipinski definition) is 9. The highest BCUT2D eigenvalue weighted by Gasteiger charge is 2.45. The number of imide groups is 1. The maximum Gasteiger partial charge on any atom is 0.257 e. The second-order valence-electron chi connectivity index (χ2n) is 15.2. The van der Waals surface area contributed by atoms with Crippen molar-refractivity contribution in [3.63, 3.8) is 0 Å². The summed E-state index contributed by atoms with van der Waals surface area (Å²) in [5.74, 6) is -0.144. The minimum Gasteiger partial charge on any atom is -0.490 e. The Bertz CT molecular complexity index is 2020. The Morgan fingerprint density at radius 1 is 0.944 bits per heavy atom. The topological polar surface area (TPSA) is 155 Å². The molecule has 4 aliphatic heterocycles. The number of nitrogens with one attached hydrogen (secondary N) is 2. The van der Waals surface area contributed by atoms with E-state index < -0.39 is 18.2 Å². The average Bonchev–Trinajstić information content (AvgIpc) is 3.67. The fraction of sp³-hybridized carbons (Fsp3) is 0.439. The second-order valence-corrected chi connectivity index (χ2v) is 15.6. The molecule has 280 valence electrons. The molecular weight excluding hydrogens is 708 g/mol. The summed E-state index contributed by atoms with van der Waals surface area (Å²) in [5.41, 5.74) is 5.33. The van der Waals surface area contributed by atoms with Crippen LogP contribution in [0.3, 0.4) is 0 Å². The molecule has 12 nitrogen and oxygen atoms in total. The van der Waals surface area contributed by atoms with Crippen molar-refractivity contribution < 1.29 is 29.0 Å². The van der Waals surface area contributed by atoms with Crippen molar-refractivity contribution in [1.29, 1.82) is 5.26 Å². The van der Waals surface area contributed by atoms with Gasteiger partial charge in [0, 0.05) is 73.6 Å². The SMILES string of the molecule is N#Cc1ccc(OC2CCC(NC(=O)c3ccc(N4CCC(CN5Cc6cc7c(cc6C5)C(O)N(C5CCC(=O)NC5=O)C7=O)CC4)cc3)CC2)cc1Cl. The predicted molar refractivity (Wildman–Crippen MR) is 200 cm³/mol. The van der Waals surface area contributed by atoms with Crippen molar-refractivity contribution in [2.75, 3.05) is 24.5 Å². The van der Waals surface area contributed by atoms with Crippen LogP contribution in [0.4, 0.5) is 5.69 Å². The molecule has 0 bridgehead atoms. The van der Waals surface area contributed by atoms with Crippen LogP contribution < -0.4 is 20.3 Å². The van der Waals surface area contributed by atoms with Gasteiger partial charge in [0.05, 0.1) is 16.7 Å². The van der Waals surface area contributed by atoms with Crippen LogP contribution in [-0.2, 0) is 22.7 Å². The fourth-order valence-electron chi connectivity index (χ4n) is 8.74. The number of aliphatic hydroxyl groups is 1. The Kier molecular flexibility index (Phi) is 10.0. The number of aliphatic hydroxyl groups excluding tert-OH is 1. The quantitative estimate of drug-likeness (QED) is 0.275. The number of piperidine rings is 2. The predicted octanol–water partition coefficient (Wildman–Crippen LogP) is 4.82. The Morgan fingerprint density at radius 3 is 2.35 bits per heavy atom. The maximum absolute atomic E-state index is 13.3. The number of nitrogens with zero attached hydrogens (tertiary/aromatic N) is 4. The van der Waals surface area contributed by atoms with Gasteiger partial charge in [-0.1, -0.05) is 11.6 Å². The van der Waals surface area contributed by atoms with Crippen molar-refractivity contribution in [3.05, 3.63) is 93.0 Å². The summed E-state index contributed by atoms with van der Waals surface area (Å²) in [6.07, 6.45) is 4.57. The smallest absolute Gasteiger partial charge is 0.257 e. The molecule has 1 aliphatic carbocycles. The number of carbonyl (C=O) groups excluding carboxylic acids is 4. The number of carbonyl (C=O) groups is 4. The van der Waals surface area contributed by atoms with Crippen molar-refractivity contribution in [3.8, 4) is 11.8 Å². The first kappa shape index (κ1) is 36.0. The number of fused-ring (bicyclic) bond motifs is 2. The number of benzene rings is 3. The Hall–Kier alpha value is -4.96. The third-order valence-electron chi connectivity index (χ3n) is 11.7. The molecule has 0 aromatic heterocycles. The molecule has 2 atom stereocenters. The van der Waals surface area contributed by atoms with Crippen molar-refractivity contribution in [1.82, 2.24) is 20.4 Å². The lowest BCUT2D eigenvalue weighted by molar-refractivity contribution is -0.139. The van der Waals surface area contributed by atoms with Gasteiger partial charge < -0.3 is 20.1 Å². The first-order valence-electron chi connectivity index (χ1n) is 18.9. The lowest BCUT2D eigenvalue weighted by Gasteiger charge is -2.35. The van der Waals surface area contributed by atoms with Crippen molar-refractivity contribution >= 4 is 40.9 Å². The maximum atomic E-state index is 13.3. The van der Waals surface area contributed by atoms with Crippen LogP contribution in [-0.4, -0.2) is 76.4 Å². The molecule has 13 heteroatoms. The molecule has 3 aromatic rings. The monoisotopic (exact) mass is 750 g/mol. The number of amides is 4. The van der Waals surface area contributed by atoms with E-state index in [9.17, 15) is 24.3 Å². The van der Waals surface area contributed by atoms with E-state index in [2.05, 4.69) is 26.5 Å². The highest BCUT2D eigenvalue weighted by atomic mass is 35.5. The first-order valence-corrected chi connectivity index (χ1v) is 19.3. The minimum atomic E-state index is -1.21. The molecular formula is C41H43ClN6O6. The largest absolute Gasteiger partial charge is 0.490 e. The Morgan fingerprint density at radius 2 is 1.67 bits per heavy atom. The van der Waals surface area contributed by atoms with E-state index in [1.54, 1.807) is 18.2 Å². The van der Waals surface area contributed by atoms with Gasteiger partial charge in [-0.3, -0.25) is 34.3 Å². The Labute approximate surface area is 319 Å². The summed E-state index contributed by atoms with van der Waals surface area (Å²) in [7, 11) is 0. The van der Waals surface area contributed by atoms with Crippen LogP contribution >= 0.6 is 11.6 Å². The zero-order valence-corrected chi connectivity index (χ0v) is 30.7. The molecule has 2 unspecified atom stereocenters. The standard InChI is InChI=1S/C41H43ClN6O6/c42-35-19-32(8-3-26(35)20-43)54-31-9-4-29(5-10-31)44-38(50)25-1-6-30(7-2-25)47-15-13-24(14-16-47)21-46-22-27-17-33-34(18-28(27)23-46)41(53)48(40(33)52)36-11-12-37(49)45-39(36)51/h1-3,6-8,17-19,24,29,31,36,40,52H,4-5,9-16,21-23H2,(H,44,50)(H,45,49,51). The molecule has 2 saturated heterocycles. The summed E-state index contributed by atoms with van der Waals surface area (Å²) in [6.45, 7) is 4.29. The molecule has 4 heterocycles. The summed E-state index contributed by atoms with van der Waals surface area (Å²) in [4.78, 5) is 56.5. The number of nitriles is 1. The van der Waals surface area contributed by atoms with Crippen LogP contribution in [0.15, 0.2) is 54.6 Å². The molecule has 4 amide bonds. The van der Waals surface area contributed by atoms with E-state index >= 15 is 0 Å². The molecule has 1 saturated carbocycles. The van der Waals surface area contributed by atoms with E-state index in [0.717, 1.165) is 88.1 Å². The van der Waals surface area contributed by atoms with E-state index in [1.165, 1.54) is 4.90 Å². The molecule has 3 aromatic carbocycles. The summed E-state index contributed by atoms with van der Waals surface area (Å²) in [6, 6.07) is 18.1. The number of ether oxygens (including phenoxy) is 1. The van der Waals surface area contributed by atoms with E-state index in [4.69, 9.17) is 21.6 Å². The van der Waals surface area contributed by atoms with Crippen LogP contribution in [0, 0.1) is 17.2 Å². The van der Waals surface area contributed by atoms with Gasteiger partial charge in [0.15, 0.2) is 6.23 Å². The van der Waals surface area contributed by atoms with Gasteiger partial charge in [-0.15, -0.1) is 0 Å². The van der Waals surface area contributed by atoms with E-state index in [-0.39, 0.29) is 42.7 Å². The fourth-order valence-corrected chi connectivity index (χ4v) is 8.95. The Balaban J connectivity index is 0.779. The first-order chi connectivity index (χ1) is 26.1. The highest BCUT2D eigenvalue weighted by Crippen LogP contribution is 2.39. The van der Waals surface area contributed by atoms with Gasteiger partial charge in [0.2, 0.25) is 11.8 Å². The van der Waals surface area contributed by atoms with Gasteiger partial charge >= 0.3 is 0 Å². The van der Waals surface area contributed by atoms with Gasteiger partial charge in [-0.2, -0.15) is 5.26 Å². The zero-order valence-electron chi connectivity index (χ0n) is 29.9. The molecule has 8 rings (SSSR count). The number of rotatable bonds is 8. The van der Waals surface area contributed by atoms with Gasteiger partial charge in [-0.25, -0.2) is 0 Å². The van der Waals surface area contributed by atoms with Gasteiger partial charge in [0.1, 0.15) is 17.9 Å². The molecule has 3 N–H and O–H groups in total. The second kappa shape index (κ2) is 15.1. The molecule has 0 spiro atoms. The third kappa shape index (κ3) is 7.28. The number of halogens is 1. The summed E-state index contributed by atoms with van der Waals surface area (Å²) < 4.78 is 6.09. The third-order valence-corrected chi connectivity index (χ3v) is 12.0. The van der Waals surface area contributed by atoms with Gasteiger partial charge in [-0.05, 0) is 111 Å². The highest BCUT2D eigenvalue weighted by molar-refractivity contribution is 6.31. The average molecular weight is 751 g/mol. The lowest BCUT2D eigenvalue weighted by Crippen LogP contribution is -2.53. The van der Waals surface area contributed by atoms with Crippen LogP contribution in [0.25, 0.3) is 0 Å². The number of hydrogen-bond donors (Lipinski definition) is 3. The van der Waals surface area contributed by atoms with Gasteiger partial charge in [0.25, 0.3) is 11.8 Å². The van der Waals surface area contributed by atoms with Crippen molar-refractivity contribution in [2.45, 2.75) is 88.9 Å². The zero-order chi connectivity index (χ0) is 37.5.